The Bertz CT molecular complexity index is 623. The lowest BCUT2D eigenvalue weighted by Gasteiger charge is -2.33. The molecule has 0 N–H and O–H groups in total. The molecule has 1 fully saturated rings. The number of hydrogen-bond acceptors (Lipinski definition) is 3. The number of benzene rings is 1. The van der Waals surface area contributed by atoms with Crippen molar-refractivity contribution in [2.24, 2.45) is 0 Å². The summed E-state index contributed by atoms with van der Waals surface area (Å²) in [6.07, 6.45) is 1.20. The van der Waals surface area contributed by atoms with Crippen molar-refractivity contribution in [2.75, 3.05) is 32.4 Å². The standard InChI is InChI=1S/C13H17BrN2O3S/c1-10-11(4-3-5-12(10)14)13(17)15-6-8-16(9-7-15)20(2,18)19/h3-5H,6-9H2,1-2H3. The number of amides is 1. The lowest BCUT2D eigenvalue weighted by atomic mass is 10.1. The van der Waals surface area contributed by atoms with Crippen LogP contribution < -0.4 is 0 Å². The van der Waals surface area contributed by atoms with Crippen molar-refractivity contribution in [3.8, 4) is 0 Å². The van der Waals surface area contributed by atoms with Gasteiger partial charge in [0.05, 0.1) is 6.26 Å². The van der Waals surface area contributed by atoms with E-state index in [1.54, 1.807) is 11.0 Å². The van der Waals surface area contributed by atoms with Gasteiger partial charge in [0.15, 0.2) is 0 Å². The fraction of sp³-hybridized carbons (Fsp3) is 0.462. The van der Waals surface area contributed by atoms with Crippen LogP contribution in [0.5, 0.6) is 0 Å². The second kappa shape index (κ2) is 5.83. The molecule has 1 aliphatic rings. The normalized spacial score (nSPS) is 17.2. The van der Waals surface area contributed by atoms with Gasteiger partial charge in [0.25, 0.3) is 5.91 Å². The van der Waals surface area contributed by atoms with Gasteiger partial charge in [-0.2, -0.15) is 4.31 Å². The van der Waals surface area contributed by atoms with Crippen molar-refractivity contribution in [3.63, 3.8) is 0 Å². The minimum absolute atomic E-state index is 0.0445. The van der Waals surface area contributed by atoms with Crippen LogP contribution in [0.25, 0.3) is 0 Å². The highest BCUT2D eigenvalue weighted by Gasteiger charge is 2.27. The van der Waals surface area contributed by atoms with Gasteiger partial charge in [-0.05, 0) is 24.6 Å². The topological polar surface area (TPSA) is 57.7 Å². The molecular weight excluding hydrogens is 344 g/mol. The molecule has 0 aliphatic carbocycles. The van der Waals surface area contributed by atoms with E-state index in [1.807, 2.05) is 19.1 Å². The highest BCUT2D eigenvalue weighted by molar-refractivity contribution is 9.10. The van der Waals surface area contributed by atoms with Crippen LogP contribution in [0.4, 0.5) is 0 Å². The van der Waals surface area contributed by atoms with Crippen molar-refractivity contribution in [2.45, 2.75) is 6.92 Å². The predicted molar refractivity (Wildman–Crippen MR) is 81.2 cm³/mol. The van der Waals surface area contributed by atoms with Gasteiger partial charge in [-0.1, -0.05) is 22.0 Å². The molecule has 0 spiro atoms. The number of halogens is 1. The van der Waals surface area contributed by atoms with Crippen LogP contribution >= 0.6 is 15.9 Å². The number of carbonyl (C=O) groups is 1. The third-order valence-corrected chi connectivity index (χ3v) is 5.66. The highest BCUT2D eigenvalue weighted by atomic mass is 79.9. The zero-order valence-electron chi connectivity index (χ0n) is 11.5. The Hall–Kier alpha value is -0.920. The largest absolute Gasteiger partial charge is 0.336 e. The average Bonchev–Trinajstić information content (AvgIpc) is 2.40. The van der Waals surface area contributed by atoms with Crippen molar-refractivity contribution in [1.82, 2.24) is 9.21 Å². The third-order valence-electron chi connectivity index (χ3n) is 3.49. The van der Waals surface area contributed by atoms with Crippen LogP contribution in [0.15, 0.2) is 22.7 Å². The van der Waals surface area contributed by atoms with Crippen molar-refractivity contribution in [1.29, 1.82) is 0 Å². The van der Waals surface area contributed by atoms with Gasteiger partial charge in [-0.3, -0.25) is 4.79 Å². The van der Waals surface area contributed by atoms with E-state index in [0.29, 0.717) is 31.7 Å². The number of hydrogen-bond donors (Lipinski definition) is 0. The molecule has 7 heteroatoms. The number of carbonyl (C=O) groups excluding carboxylic acids is 1. The number of piperazine rings is 1. The molecule has 5 nitrogen and oxygen atoms in total. The molecule has 20 heavy (non-hydrogen) atoms. The maximum absolute atomic E-state index is 12.5. The molecule has 0 bridgehead atoms. The van der Waals surface area contributed by atoms with Crippen molar-refractivity contribution >= 4 is 31.9 Å². The number of sulfonamides is 1. The van der Waals surface area contributed by atoms with E-state index in [1.165, 1.54) is 10.6 Å². The number of nitrogens with zero attached hydrogens (tertiary/aromatic N) is 2. The van der Waals surface area contributed by atoms with E-state index in [9.17, 15) is 13.2 Å². The van der Waals surface area contributed by atoms with Crippen LogP contribution in [0.3, 0.4) is 0 Å². The molecular formula is C13H17BrN2O3S. The Kier molecular flexibility index (Phi) is 4.51. The first-order valence-electron chi connectivity index (χ1n) is 6.30. The quantitative estimate of drug-likeness (QED) is 0.802. The van der Waals surface area contributed by atoms with Crippen LogP contribution in [0.2, 0.25) is 0 Å². The Morgan fingerprint density at radius 1 is 1.20 bits per heavy atom. The molecule has 0 atom stereocenters. The molecule has 1 heterocycles. The molecule has 0 unspecified atom stereocenters. The summed E-state index contributed by atoms with van der Waals surface area (Å²) in [4.78, 5) is 14.2. The SMILES string of the molecule is Cc1c(Br)cccc1C(=O)N1CCN(S(C)(=O)=O)CC1. The molecule has 0 radical (unpaired) electrons. The Balaban J connectivity index is 2.11. The van der Waals surface area contributed by atoms with Gasteiger partial charge in [0, 0.05) is 36.2 Å². The smallest absolute Gasteiger partial charge is 0.254 e. The summed E-state index contributed by atoms with van der Waals surface area (Å²) < 4.78 is 25.2. The minimum Gasteiger partial charge on any atom is -0.336 e. The lowest BCUT2D eigenvalue weighted by molar-refractivity contribution is 0.0697. The maximum Gasteiger partial charge on any atom is 0.254 e. The van der Waals surface area contributed by atoms with Crippen molar-refractivity contribution < 1.29 is 13.2 Å². The maximum atomic E-state index is 12.5. The Morgan fingerprint density at radius 2 is 1.80 bits per heavy atom. The van der Waals surface area contributed by atoms with Crippen LogP contribution in [-0.2, 0) is 10.0 Å². The highest BCUT2D eigenvalue weighted by Crippen LogP contribution is 2.21. The average molecular weight is 361 g/mol. The molecule has 1 saturated heterocycles. The van der Waals surface area contributed by atoms with Crippen LogP contribution in [0, 0.1) is 6.92 Å². The van der Waals surface area contributed by atoms with Crippen molar-refractivity contribution in [3.05, 3.63) is 33.8 Å². The van der Waals surface area contributed by atoms with E-state index in [2.05, 4.69) is 15.9 Å². The lowest BCUT2D eigenvalue weighted by Crippen LogP contribution is -2.50. The molecule has 1 aliphatic heterocycles. The summed E-state index contributed by atoms with van der Waals surface area (Å²) in [5.41, 5.74) is 1.57. The molecule has 0 aromatic heterocycles. The molecule has 1 amide bonds. The Labute approximate surface area is 127 Å². The predicted octanol–water partition coefficient (Wildman–Crippen LogP) is 1.47. The fourth-order valence-electron chi connectivity index (χ4n) is 2.23. The van der Waals surface area contributed by atoms with Gasteiger partial charge in [0.1, 0.15) is 0 Å². The second-order valence-electron chi connectivity index (χ2n) is 4.87. The summed E-state index contributed by atoms with van der Waals surface area (Å²) in [6.45, 7) is 3.47. The van der Waals surface area contributed by atoms with E-state index in [0.717, 1.165) is 10.0 Å². The summed E-state index contributed by atoms with van der Waals surface area (Å²) in [6, 6.07) is 5.52. The van der Waals surface area contributed by atoms with E-state index in [4.69, 9.17) is 0 Å². The van der Waals surface area contributed by atoms with E-state index in [-0.39, 0.29) is 5.91 Å². The fourth-order valence-corrected chi connectivity index (χ4v) is 3.43. The van der Waals surface area contributed by atoms with Gasteiger partial charge < -0.3 is 4.90 Å². The monoisotopic (exact) mass is 360 g/mol. The first-order chi connectivity index (χ1) is 9.30. The van der Waals surface area contributed by atoms with Gasteiger partial charge in [-0.15, -0.1) is 0 Å². The zero-order valence-corrected chi connectivity index (χ0v) is 13.9. The van der Waals surface area contributed by atoms with Gasteiger partial charge >= 0.3 is 0 Å². The van der Waals surface area contributed by atoms with Crippen LogP contribution in [-0.4, -0.2) is 56.0 Å². The van der Waals surface area contributed by atoms with Gasteiger partial charge in [0.2, 0.25) is 10.0 Å². The second-order valence-corrected chi connectivity index (χ2v) is 7.70. The van der Waals surface area contributed by atoms with E-state index >= 15 is 0 Å². The van der Waals surface area contributed by atoms with E-state index < -0.39 is 10.0 Å². The molecule has 2 rings (SSSR count). The van der Waals surface area contributed by atoms with Gasteiger partial charge in [-0.25, -0.2) is 8.42 Å². The number of rotatable bonds is 2. The zero-order chi connectivity index (χ0) is 14.9. The first-order valence-corrected chi connectivity index (χ1v) is 8.94. The molecule has 1 aromatic carbocycles. The minimum atomic E-state index is -3.17. The molecule has 1 aromatic rings. The third kappa shape index (κ3) is 3.21. The summed E-state index contributed by atoms with van der Waals surface area (Å²) in [7, 11) is -3.17. The summed E-state index contributed by atoms with van der Waals surface area (Å²) in [5.74, 6) is -0.0445. The first kappa shape index (κ1) is 15.5. The summed E-state index contributed by atoms with van der Waals surface area (Å²) in [5, 5.41) is 0. The van der Waals surface area contributed by atoms with Crippen LogP contribution in [0.1, 0.15) is 15.9 Å². The molecule has 110 valence electrons. The Morgan fingerprint density at radius 3 is 2.35 bits per heavy atom. The molecule has 0 saturated carbocycles. The summed E-state index contributed by atoms with van der Waals surface area (Å²) >= 11 is 3.42.